The van der Waals surface area contributed by atoms with Crippen LogP contribution >= 0.6 is 0 Å². The highest BCUT2D eigenvalue weighted by atomic mass is 16.3. The summed E-state index contributed by atoms with van der Waals surface area (Å²) in [5, 5.41) is 14.1. The highest BCUT2D eigenvalue weighted by Crippen LogP contribution is 2.15. The molecule has 1 rings (SSSR count). The Morgan fingerprint density at radius 3 is 2.60 bits per heavy atom. The molecule has 0 spiro atoms. The molecular weight excluding hydrogens is 188 g/mol. The standard InChI is InChI=1S/C12H22N2O/c1-5-10-8-11(14(4)13-10)7-9(3)12(15)6-2/h8-9,12,15H,5-7H2,1-4H3. The van der Waals surface area contributed by atoms with Crippen LogP contribution in [0.2, 0.25) is 0 Å². The molecule has 0 aliphatic rings. The van der Waals surface area contributed by atoms with E-state index in [1.807, 2.05) is 18.7 Å². The van der Waals surface area contributed by atoms with E-state index in [4.69, 9.17) is 0 Å². The van der Waals surface area contributed by atoms with E-state index in [2.05, 4.69) is 25.0 Å². The topological polar surface area (TPSA) is 38.0 Å². The number of aliphatic hydroxyl groups excluding tert-OH is 1. The number of aromatic nitrogens is 2. The molecule has 0 saturated carbocycles. The van der Waals surface area contributed by atoms with Crippen molar-refractivity contribution < 1.29 is 5.11 Å². The zero-order valence-corrected chi connectivity index (χ0v) is 10.2. The van der Waals surface area contributed by atoms with Crippen LogP contribution in [-0.2, 0) is 19.9 Å². The number of aryl methyl sites for hydroxylation is 2. The summed E-state index contributed by atoms with van der Waals surface area (Å²) < 4.78 is 1.93. The van der Waals surface area contributed by atoms with Gasteiger partial charge in [-0.25, -0.2) is 0 Å². The summed E-state index contributed by atoms with van der Waals surface area (Å²) in [5.41, 5.74) is 2.34. The number of nitrogens with zero attached hydrogens (tertiary/aromatic N) is 2. The van der Waals surface area contributed by atoms with Crippen LogP contribution in [0.3, 0.4) is 0 Å². The molecule has 86 valence electrons. The largest absolute Gasteiger partial charge is 0.393 e. The minimum atomic E-state index is -0.204. The van der Waals surface area contributed by atoms with Crippen molar-refractivity contribution in [3.05, 3.63) is 17.5 Å². The molecule has 0 aliphatic carbocycles. The molecule has 0 amide bonds. The van der Waals surface area contributed by atoms with Gasteiger partial charge in [0, 0.05) is 12.7 Å². The predicted molar refractivity (Wildman–Crippen MR) is 61.8 cm³/mol. The Morgan fingerprint density at radius 2 is 2.13 bits per heavy atom. The van der Waals surface area contributed by atoms with E-state index < -0.39 is 0 Å². The zero-order chi connectivity index (χ0) is 11.4. The van der Waals surface area contributed by atoms with Gasteiger partial charge in [0.1, 0.15) is 0 Å². The average molecular weight is 210 g/mol. The Hall–Kier alpha value is -0.830. The van der Waals surface area contributed by atoms with Gasteiger partial charge in [0.05, 0.1) is 11.8 Å². The summed E-state index contributed by atoms with van der Waals surface area (Å²) in [6.45, 7) is 6.21. The van der Waals surface area contributed by atoms with Crippen LogP contribution in [0.25, 0.3) is 0 Å². The zero-order valence-electron chi connectivity index (χ0n) is 10.2. The van der Waals surface area contributed by atoms with Crippen LogP contribution in [0, 0.1) is 5.92 Å². The summed E-state index contributed by atoms with van der Waals surface area (Å²) in [6.07, 6.45) is 2.49. The Bertz CT molecular complexity index is 307. The molecule has 1 aromatic heterocycles. The van der Waals surface area contributed by atoms with E-state index in [0.29, 0.717) is 5.92 Å². The molecule has 0 fully saturated rings. The third-order valence-electron chi connectivity index (χ3n) is 3.00. The Labute approximate surface area is 92.1 Å². The first kappa shape index (κ1) is 12.2. The summed E-state index contributed by atoms with van der Waals surface area (Å²) in [5.74, 6) is 0.301. The molecule has 1 aromatic rings. The summed E-state index contributed by atoms with van der Waals surface area (Å²) in [6, 6.07) is 2.14. The van der Waals surface area contributed by atoms with Crippen LogP contribution in [0.4, 0.5) is 0 Å². The first-order chi connectivity index (χ1) is 7.08. The molecule has 3 heteroatoms. The smallest absolute Gasteiger partial charge is 0.0624 e. The van der Waals surface area contributed by atoms with Gasteiger partial charge in [0.2, 0.25) is 0 Å². The van der Waals surface area contributed by atoms with E-state index in [1.54, 1.807) is 0 Å². The molecule has 0 aliphatic heterocycles. The molecular formula is C12H22N2O. The molecule has 0 aromatic carbocycles. The lowest BCUT2D eigenvalue weighted by Crippen LogP contribution is -2.19. The molecule has 0 radical (unpaired) electrons. The first-order valence-corrected chi connectivity index (χ1v) is 5.78. The molecule has 2 atom stereocenters. The van der Waals surface area contributed by atoms with Crippen molar-refractivity contribution in [2.24, 2.45) is 13.0 Å². The van der Waals surface area contributed by atoms with Crippen LogP contribution in [-0.4, -0.2) is 21.0 Å². The van der Waals surface area contributed by atoms with E-state index in [-0.39, 0.29) is 6.10 Å². The minimum absolute atomic E-state index is 0.204. The van der Waals surface area contributed by atoms with Crippen molar-refractivity contribution >= 4 is 0 Å². The van der Waals surface area contributed by atoms with Gasteiger partial charge in [0.15, 0.2) is 0 Å². The molecule has 0 bridgehead atoms. The quantitative estimate of drug-likeness (QED) is 0.806. The van der Waals surface area contributed by atoms with Gasteiger partial charge in [-0.3, -0.25) is 4.68 Å². The van der Waals surface area contributed by atoms with Crippen molar-refractivity contribution in [3.63, 3.8) is 0 Å². The number of hydrogen-bond acceptors (Lipinski definition) is 2. The Kier molecular flexibility index (Phi) is 4.33. The van der Waals surface area contributed by atoms with Gasteiger partial charge in [-0.1, -0.05) is 20.8 Å². The molecule has 3 nitrogen and oxygen atoms in total. The predicted octanol–water partition coefficient (Wildman–Crippen LogP) is 1.93. The fraction of sp³-hybridized carbons (Fsp3) is 0.750. The van der Waals surface area contributed by atoms with Gasteiger partial charge < -0.3 is 5.11 Å². The lowest BCUT2D eigenvalue weighted by molar-refractivity contribution is 0.112. The van der Waals surface area contributed by atoms with Gasteiger partial charge in [-0.2, -0.15) is 5.10 Å². The molecule has 0 saturated heterocycles. The van der Waals surface area contributed by atoms with Gasteiger partial charge >= 0.3 is 0 Å². The number of rotatable bonds is 5. The fourth-order valence-corrected chi connectivity index (χ4v) is 1.80. The third kappa shape index (κ3) is 3.06. The molecule has 2 unspecified atom stereocenters. The number of aliphatic hydroxyl groups is 1. The molecule has 1 N–H and O–H groups in total. The van der Waals surface area contributed by atoms with Crippen LogP contribution < -0.4 is 0 Å². The Morgan fingerprint density at radius 1 is 1.47 bits per heavy atom. The summed E-state index contributed by atoms with van der Waals surface area (Å²) in [4.78, 5) is 0. The van der Waals surface area contributed by atoms with E-state index in [9.17, 15) is 5.11 Å². The summed E-state index contributed by atoms with van der Waals surface area (Å²) >= 11 is 0. The second-order valence-corrected chi connectivity index (χ2v) is 4.26. The maximum atomic E-state index is 9.71. The first-order valence-electron chi connectivity index (χ1n) is 5.78. The van der Waals surface area contributed by atoms with Crippen LogP contribution in [0.15, 0.2) is 6.07 Å². The second kappa shape index (κ2) is 5.31. The molecule has 1 heterocycles. The SMILES string of the molecule is CCc1cc(CC(C)C(O)CC)n(C)n1. The van der Waals surface area contributed by atoms with Crippen LogP contribution in [0.5, 0.6) is 0 Å². The lowest BCUT2D eigenvalue weighted by Gasteiger charge is -2.16. The Balaban J connectivity index is 2.67. The van der Waals surface area contributed by atoms with E-state index in [0.717, 1.165) is 25.0 Å². The number of hydrogen-bond donors (Lipinski definition) is 1. The highest BCUT2D eigenvalue weighted by Gasteiger charge is 2.15. The lowest BCUT2D eigenvalue weighted by atomic mass is 9.97. The van der Waals surface area contributed by atoms with Crippen molar-refractivity contribution in [3.8, 4) is 0 Å². The average Bonchev–Trinajstić information content (AvgIpc) is 2.58. The second-order valence-electron chi connectivity index (χ2n) is 4.26. The van der Waals surface area contributed by atoms with Crippen molar-refractivity contribution in [1.29, 1.82) is 0 Å². The minimum Gasteiger partial charge on any atom is -0.393 e. The van der Waals surface area contributed by atoms with E-state index >= 15 is 0 Å². The van der Waals surface area contributed by atoms with Crippen molar-refractivity contribution in [2.75, 3.05) is 0 Å². The van der Waals surface area contributed by atoms with Crippen LogP contribution in [0.1, 0.15) is 38.6 Å². The third-order valence-corrected chi connectivity index (χ3v) is 3.00. The highest BCUT2D eigenvalue weighted by molar-refractivity contribution is 5.10. The normalized spacial score (nSPS) is 15.3. The monoisotopic (exact) mass is 210 g/mol. The van der Waals surface area contributed by atoms with Gasteiger partial charge in [-0.15, -0.1) is 0 Å². The van der Waals surface area contributed by atoms with Crippen molar-refractivity contribution in [2.45, 2.75) is 46.1 Å². The molecule has 15 heavy (non-hydrogen) atoms. The fourth-order valence-electron chi connectivity index (χ4n) is 1.80. The maximum Gasteiger partial charge on any atom is 0.0624 e. The summed E-state index contributed by atoms with van der Waals surface area (Å²) in [7, 11) is 1.97. The van der Waals surface area contributed by atoms with Gasteiger partial charge in [0.25, 0.3) is 0 Å². The van der Waals surface area contributed by atoms with Gasteiger partial charge in [-0.05, 0) is 31.2 Å². The van der Waals surface area contributed by atoms with Crippen molar-refractivity contribution in [1.82, 2.24) is 9.78 Å². The maximum absolute atomic E-state index is 9.71. The van der Waals surface area contributed by atoms with E-state index in [1.165, 1.54) is 5.69 Å².